The number of rotatable bonds is 6. The van der Waals surface area contributed by atoms with E-state index >= 15 is 0 Å². The van der Waals surface area contributed by atoms with Gasteiger partial charge < -0.3 is 10.2 Å². The second-order valence-corrected chi connectivity index (χ2v) is 5.61. The molecule has 0 aliphatic carbocycles. The predicted molar refractivity (Wildman–Crippen MR) is 75.3 cm³/mol. The summed E-state index contributed by atoms with van der Waals surface area (Å²) in [4.78, 5) is 13.9. The molecule has 0 saturated carbocycles. The molecule has 1 N–H and O–H groups in total. The number of anilines is 1. The number of aromatic nitrogens is 3. The van der Waals surface area contributed by atoms with Gasteiger partial charge >= 0.3 is 0 Å². The third-order valence-corrected chi connectivity index (χ3v) is 2.59. The second kappa shape index (κ2) is 7.07. The summed E-state index contributed by atoms with van der Waals surface area (Å²) < 4.78 is 0. The van der Waals surface area contributed by atoms with Crippen LogP contribution in [0, 0.1) is 5.92 Å². The van der Waals surface area contributed by atoms with Crippen molar-refractivity contribution in [2.24, 2.45) is 5.92 Å². The quantitative estimate of drug-likeness (QED) is 0.873. The van der Waals surface area contributed by atoms with E-state index in [-0.39, 0.29) is 16.6 Å². The molecule has 0 bridgehead atoms. The Labute approximate surface area is 118 Å². The fourth-order valence-corrected chi connectivity index (χ4v) is 2.13. The van der Waals surface area contributed by atoms with Crippen LogP contribution in [0.5, 0.6) is 0 Å². The first-order valence-electron chi connectivity index (χ1n) is 5.85. The topological polar surface area (TPSA) is 53.9 Å². The maximum Gasteiger partial charge on any atom is 0.228 e. The van der Waals surface area contributed by atoms with E-state index < -0.39 is 0 Å². The van der Waals surface area contributed by atoms with Gasteiger partial charge in [-0.15, -0.1) is 0 Å². The molecule has 0 aromatic carbocycles. The van der Waals surface area contributed by atoms with Gasteiger partial charge in [0.2, 0.25) is 16.5 Å². The number of likely N-dealkylation sites (N-methyl/N-ethyl adjacent to an activating group) is 1. The number of hydrogen-bond acceptors (Lipinski definition) is 5. The molecule has 0 aliphatic heterocycles. The summed E-state index contributed by atoms with van der Waals surface area (Å²) in [7, 11) is 4.06. The molecule has 0 aliphatic rings. The minimum Gasteiger partial charge on any atom is -0.350 e. The molecule has 7 heteroatoms. The Morgan fingerprint density at radius 1 is 1.11 bits per heavy atom. The lowest BCUT2D eigenvalue weighted by Gasteiger charge is -2.23. The summed E-state index contributed by atoms with van der Waals surface area (Å²) >= 11 is 11.5. The smallest absolute Gasteiger partial charge is 0.228 e. The highest BCUT2D eigenvalue weighted by Crippen LogP contribution is 2.14. The molecule has 1 rings (SSSR count). The fourth-order valence-electron chi connectivity index (χ4n) is 1.76. The summed E-state index contributed by atoms with van der Waals surface area (Å²) in [6, 6.07) is 0.245. The van der Waals surface area contributed by atoms with Gasteiger partial charge in [-0.3, -0.25) is 0 Å². The summed E-state index contributed by atoms with van der Waals surface area (Å²) in [5.74, 6) is 1.00. The first-order valence-corrected chi connectivity index (χ1v) is 6.60. The molecule has 0 spiro atoms. The molecule has 0 radical (unpaired) electrons. The van der Waals surface area contributed by atoms with Gasteiger partial charge in [-0.05, 0) is 49.6 Å². The lowest BCUT2D eigenvalue weighted by atomic mass is 10.0. The van der Waals surface area contributed by atoms with Crippen molar-refractivity contribution in [1.29, 1.82) is 0 Å². The minimum atomic E-state index is 0.102. The Morgan fingerprint density at radius 3 is 2.11 bits per heavy atom. The molecule has 1 heterocycles. The number of hydrogen-bond donors (Lipinski definition) is 1. The van der Waals surface area contributed by atoms with Crippen LogP contribution in [-0.2, 0) is 0 Å². The van der Waals surface area contributed by atoms with Gasteiger partial charge in [-0.25, -0.2) is 0 Å². The van der Waals surface area contributed by atoms with Gasteiger partial charge in [0.1, 0.15) is 0 Å². The maximum absolute atomic E-state index is 5.75. The molecule has 1 atom stereocenters. The van der Waals surface area contributed by atoms with E-state index in [1.54, 1.807) is 0 Å². The fraction of sp³-hybridized carbons (Fsp3) is 0.727. The van der Waals surface area contributed by atoms with Crippen molar-refractivity contribution in [3.8, 4) is 0 Å². The van der Waals surface area contributed by atoms with E-state index in [9.17, 15) is 0 Å². The van der Waals surface area contributed by atoms with Crippen molar-refractivity contribution in [2.45, 2.75) is 26.3 Å². The van der Waals surface area contributed by atoms with E-state index in [4.69, 9.17) is 23.2 Å². The normalized spacial score (nSPS) is 13.1. The van der Waals surface area contributed by atoms with Crippen molar-refractivity contribution in [1.82, 2.24) is 19.9 Å². The average molecular weight is 292 g/mol. The Morgan fingerprint density at radius 2 is 1.67 bits per heavy atom. The van der Waals surface area contributed by atoms with Gasteiger partial charge in [-0.1, -0.05) is 13.8 Å². The Balaban J connectivity index is 2.74. The van der Waals surface area contributed by atoms with Crippen molar-refractivity contribution in [2.75, 3.05) is 26.0 Å². The molecule has 0 saturated heterocycles. The lowest BCUT2D eigenvalue weighted by molar-refractivity contribution is 0.355. The lowest BCUT2D eigenvalue weighted by Crippen LogP contribution is -2.34. The molecule has 0 amide bonds. The first kappa shape index (κ1) is 15.4. The zero-order valence-corrected chi connectivity index (χ0v) is 12.6. The summed E-state index contributed by atoms with van der Waals surface area (Å²) in [6.45, 7) is 5.24. The molecule has 1 aromatic rings. The Hall–Kier alpha value is -0.650. The standard InChI is InChI=1S/C11H19Cl2N5/c1-7(2)5-8(6-18(3)4)14-11-16-9(12)15-10(13)17-11/h7-8H,5-6H2,1-4H3,(H,14,15,16,17). The third kappa shape index (κ3) is 5.80. The highest BCUT2D eigenvalue weighted by Gasteiger charge is 2.14. The summed E-state index contributed by atoms with van der Waals surface area (Å²) in [6.07, 6.45) is 1.01. The summed E-state index contributed by atoms with van der Waals surface area (Å²) in [5.41, 5.74) is 0. The van der Waals surface area contributed by atoms with E-state index in [1.807, 2.05) is 14.1 Å². The highest BCUT2D eigenvalue weighted by atomic mass is 35.5. The van der Waals surface area contributed by atoms with Crippen molar-refractivity contribution in [3.63, 3.8) is 0 Å². The van der Waals surface area contributed by atoms with Crippen LogP contribution >= 0.6 is 23.2 Å². The molecule has 102 valence electrons. The molecule has 5 nitrogen and oxygen atoms in total. The van der Waals surface area contributed by atoms with Gasteiger partial charge in [0, 0.05) is 12.6 Å². The predicted octanol–water partition coefficient (Wildman–Crippen LogP) is 2.57. The molecule has 1 aromatic heterocycles. The zero-order chi connectivity index (χ0) is 13.7. The molecule has 1 unspecified atom stereocenters. The van der Waals surface area contributed by atoms with Crippen LogP contribution in [-0.4, -0.2) is 46.5 Å². The minimum absolute atomic E-state index is 0.102. The highest BCUT2D eigenvalue weighted by molar-refractivity contribution is 6.31. The van der Waals surface area contributed by atoms with Crippen LogP contribution in [0.25, 0.3) is 0 Å². The monoisotopic (exact) mass is 291 g/mol. The first-order chi connectivity index (χ1) is 8.36. The van der Waals surface area contributed by atoms with Crippen LogP contribution in [0.2, 0.25) is 10.6 Å². The van der Waals surface area contributed by atoms with Crippen LogP contribution in [0.4, 0.5) is 5.95 Å². The van der Waals surface area contributed by atoms with Crippen molar-refractivity contribution >= 4 is 29.2 Å². The van der Waals surface area contributed by atoms with Gasteiger partial charge in [0.15, 0.2) is 0 Å². The SMILES string of the molecule is CC(C)CC(CN(C)C)Nc1nc(Cl)nc(Cl)n1. The van der Waals surface area contributed by atoms with Gasteiger partial charge in [0.25, 0.3) is 0 Å². The van der Waals surface area contributed by atoms with Crippen LogP contribution in [0.15, 0.2) is 0 Å². The van der Waals surface area contributed by atoms with E-state index in [1.165, 1.54) is 0 Å². The Kier molecular flexibility index (Phi) is 6.05. The Bertz CT molecular complexity index is 353. The van der Waals surface area contributed by atoms with E-state index in [0.29, 0.717) is 11.9 Å². The van der Waals surface area contributed by atoms with E-state index in [2.05, 4.69) is 39.0 Å². The van der Waals surface area contributed by atoms with Gasteiger partial charge in [-0.2, -0.15) is 15.0 Å². The maximum atomic E-state index is 5.75. The zero-order valence-electron chi connectivity index (χ0n) is 11.1. The average Bonchev–Trinajstić information content (AvgIpc) is 2.12. The number of nitrogens with zero attached hydrogens (tertiary/aromatic N) is 4. The number of halogens is 2. The van der Waals surface area contributed by atoms with E-state index in [0.717, 1.165) is 13.0 Å². The number of nitrogens with one attached hydrogen (secondary N) is 1. The second-order valence-electron chi connectivity index (χ2n) is 4.93. The molecular formula is C11H19Cl2N5. The summed E-state index contributed by atoms with van der Waals surface area (Å²) in [5, 5.41) is 3.46. The van der Waals surface area contributed by atoms with Crippen LogP contribution in [0.1, 0.15) is 20.3 Å². The van der Waals surface area contributed by atoms with Gasteiger partial charge in [0.05, 0.1) is 0 Å². The van der Waals surface area contributed by atoms with Crippen molar-refractivity contribution in [3.05, 3.63) is 10.6 Å². The molecule has 18 heavy (non-hydrogen) atoms. The molecule has 0 fully saturated rings. The molecular weight excluding hydrogens is 273 g/mol. The van der Waals surface area contributed by atoms with Crippen LogP contribution in [0.3, 0.4) is 0 Å². The largest absolute Gasteiger partial charge is 0.350 e. The van der Waals surface area contributed by atoms with Crippen LogP contribution < -0.4 is 5.32 Å². The third-order valence-electron chi connectivity index (χ3n) is 2.26. The van der Waals surface area contributed by atoms with Crippen molar-refractivity contribution < 1.29 is 0 Å².